The fraction of sp³-hybridized carbons (Fsp3) is 0.348. The number of amides is 2. The van der Waals surface area contributed by atoms with Crippen molar-refractivity contribution in [1.29, 1.82) is 0 Å². The summed E-state index contributed by atoms with van der Waals surface area (Å²) in [6, 6.07) is 15.4. The number of carboxylic acids is 1. The second kappa shape index (κ2) is 8.57. The van der Waals surface area contributed by atoms with Gasteiger partial charge in [0.2, 0.25) is 5.91 Å². The lowest BCUT2D eigenvalue weighted by molar-refractivity contribution is -0.144. The third-order valence-electron chi connectivity index (χ3n) is 5.74. The minimum atomic E-state index is -1.06. The molecular weight excluding hydrogens is 384 g/mol. The van der Waals surface area contributed by atoms with E-state index in [-0.39, 0.29) is 25.0 Å². The fourth-order valence-corrected chi connectivity index (χ4v) is 4.34. The van der Waals surface area contributed by atoms with Crippen LogP contribution in [0.2, 0.25) is 0 Å². The standard InChI is InChI=1S/C23H24N2O5/c26-21(27)13-25-12-6-5-11-20(22(25)28)24-23(29)30-14-19-17-9-3-1-7-15(17)16-8-2-4-10-18(16)19/h1-4,7-10,19-20H,5-6,11-14H2,(H,24,29)(H,26,27). The minimum Gasteiger partial charge on any atom is -0.480 e. The summed E-state index contributed by atoms with van der Waals surface area (Å²) in [5.74, 6) is -1.50. The van der Waals surface area contributed by atoms with Crippen molar-refractivity contribution in [3.05, 3.63) is 59.7 Å². The Morgan fingerprint density at radius 1 is 1.03 bits per heavy atom. The smallest absolute Gasteiger partial charge is 0.407 e. The number of ether oxygens (including phenoxy) is 1. The average Bonchev–Trinajstić information content (AvgIpc) is 2.96. The van der Waals surface area contributed by atoms with Crippen molar-refractivity contribution in [3.8, 4) is 11.1 Å². The van der Waals surface area contributed by atoms with E-state index >= 15 is 0 Å². The molecule has 7 heteroatoms. The van der Waals surface area contributed by atoms with E-state index in [0.29, 0.717) is 19.4 Å². The summed E-state index contributed by atoms with van der Waals surface area (Å²) in [5, 5.41) is 11.6. The highest BCUT2D eigenvalue weighted by atomic mass is 16.5. The van der Waals surface area contributed by atoms with E-state index in [1.807, 2.05) is 36.4 Å². The predicted molar refractivity (Wildman–Crippen MR) is 110 cm³/mol. The molecule has 1 atom stereocenters. The van der Waals surface area contributed by atoms with Crippen LogP contribution in [-0.4, -0.2) is 53.7 Å². The number of alkyl carbamates (subject to hydrolysis) is 1. The lowest BCUT2D eigenvalue weighted by atomic mass is 9.98. The fourth-order valence-electron chi connectivity index (χ4n) is 4.34. The van der Waals surface area contributed by atoms with Crippen molar-refractivity contribution in [2.75, 3.05) is 19.7 Å². The van der Waals surface area contributed by atoms with Crippen molar-refractivity contribution in [2.24, 2.45) is 0 Å². The summed E-state index contributed by atoms with van der Waals surface area (Å²) in [6.45, 7) is 0.190. The van der Waals surface area contributed by atoms with Gasteiger partial charge < -0.3 is 20.1 Å². The lowest BCUT2D eigenvalue weighted by Crippen LogP contribution is -2.49. The number of hydrogen-bond donors (Lipinski definition) is 2. The number of fused-ring (bicyclic) bond motifs is 3. The van der Waals surface area contributed by atoms with Crippen molar-refractivity contribution in [2.45, 2.75) is 31.2 Å². The van der Waals surface area contributed by atoms with E-state index in [1.54, 1.807) is 0 Å². The summed E-state index contributed by atoms with van der Waals surface area (Å²) >= 11 is 0. The topological polar surface area (TPSA) is 95.9 Å². The second-order valence-corrected chi connectivity index (χ2v) is 7.67. The molecule has 30 heavy (non-hydrogen) atoms. The van der Waals surface area contributed by atoms with Crippen LogP contribution in [0.25, 0.3) is 11.1 Å². The monoisotopic (exact) mass is 408 g/mol. The molecule has 156 valence electrons. The van der Waals surface area contributed by atoms with Crippen LogP contribution in [0.15, 0.2) is 48.5 Å². The Balaban J connectivity index is 1.41. The Morgan fingerprint density at radius 3 is 2.30 bits per heavy atom. The van der Waals surface area contributed by atoms with Crippen LogP contribution in [0.3, 0.4) is 0 Å². The average molecular weight is 408 g/mol. The maximum atomic E-state index is 12.6. The quantitative estimate of drug-likeness (QED) is 0.793. The first-order valence-electron chi connectivity index (χ1n) is 10.2. The van der Waals surface area contributed by atoms with E-state index in [0.717, 1.165) is 28.7 Å². The van der Waals surface area contributed by atoms with Crippen molar-refractivity contribution >= 4 is 18.0 Å². The normalized spacial score (nSPS) is 18.3. The summed E-state index contributed by atoms with van der Waals surface area (Å²) in [7, 11) is 0. The Bertz CT molecular complexity index is 928. The van der Waals surface area contributed by atoms with Crippen LogP contribution < -0.4 is 5.32 Å². The summed E-state index contributed by atoms with van der Waals surface area (Å²) in [5.41, 5.74) is 4.52. The molecule has 1 aliphatic carbocycles. The number of hydrogen-bond acceptors (Lipinski definition) is 4. The molecule has 0 aromatic heterocycles. The van der Waals surface area contributed by atoms with Gasteiger partial charge in [0.05, 0.1) is 0 Å². The van der Waals surface area contributed by atoms with Gasteiger partial charge in [0.1, 0.15) is 19.2 Å². The molecule has 1 aliphatic heterocycles. The summed E-state index contributed by atoms with van der Waals surface area (Å²) in [4.78, 5) is 37.3. The zero-order valence-corrected chi connectivity index (χ0v) is 16.5. The first-order valence-corrected chi connectivity index (χ1v) is 10.2. The third kappa shape index (κ3) is 4.01. The van der Waals surface area contributed by atoms with Crippen LogP contribution in [0.5, 0.6) is 0 Å². The lowest BCUT2D eigenvalue weighted by Gasteiger charge is -2.23. The Labute approximate surface area is 174 Å². The Morgan fingerprint density at radius 2 is 1.67 bits per heavy atom. The first kappa shape index (κ1) is 19.9. The number of nitrogens with zero attached hydrogens (tertiary/aromatic N) is 1. The van der Waals surface area contributed by atoms with Gasteiger partial charge in [-0.05, 0) is 41.5 Å². The molecule has 0 spiro atoms. The van der Waals surface area contributed by atoms with E-state index < -0.39 is 18.1 Å². The van der Waals surface area contributed by atoms with Crippen LogP contribution in [0.4, 0.5) is 4.79 Å². The first-order chi connectivity index (χ1) is 14.5. The van der Waals surface area contributed by atoms with Crippen LogP contribution in [0, 0.1) is 0 Å². The highest BCUT2D eigenvalue weighted by Gasteiger charge is 2.32. The van der Waals surface area contributed by atoms with Crippen molar-refractivity contribution in [1.82, 2.24) is 10.2 Å². The van der Waals surface area contributed by atoms with Crippen LogP contribution >= 0.6 is 0 Å². The second-order valence-electron chi connectivity index (χ2n) is 7.67. The van der Waals surface area contributed by atoms with Gasteiger partial charge in [-0.3, -0.25) is 9.59 Å². The van der Waals surface area contributed by atoms with Gasteiger partial charge in [-0.2, -0.15) is 0 Å². The molecule has 1 fully saturated rings. The van der Waals surface area contributed by atoms with E-state index in [1.165, 1.54) is 4.90 Å². The molecule has 0 bridgehead atoms. The Hall–Kier alpha value is -3.35. The maximum absolute atomic E-state index is 12.6. The number of benzene rings is 2. The molecule has 0 saturated carbocycles. The molecule has 2 N–H and O–H groups in total. The molecule has 1 unspecified atom stereocenters. The van der Waals surface area contributed by atoms with Crippen LogP contribution in [0.1, 0.15) is 36.3 Å². The number of likely N-dealkylation sites (tertiary alicyclic amines) is 1. The van der Waals surface area contributed by atoms with Gasteiger partial charge >= 0.3 is 12.1 Å². The highest BCUT2D eigenvalue weighted by molar-refractivity contribution is 5.88. The largest absolute Gasteiger partial charge is 0.480 e. The number of carbonyl (C=O) groups excluding carboxylic acids is 2. The van der Waals surface area contributed by atoms with Gasteiger partial charge in [-0.15, -0.1) is 0 Å². The van der Waals surface area contributed by atoms with Crippen molar-refractivity contribution < 1.29 is 24.2 Å². The van der Waals surface area contributed by atoms with Gasteiger partial charge in [-0.25, -0.2) is 4.79 Å². The molecule has 4 rings (SSSR count). The zero-order valence-electron chi connectivity index (χ0n) is 16.5. The van der Waals surface area contributed by atoms with Gasteiger partial charge in [0, 0.05) is 12.5 Å². The highest BCUT2D eigenvalue weighted by Crippen LogP contribution is 2.44. The molecule has 2 amide bonds. The molecule has 2 aromatic carbocycles. The number of carbonyl (C=O) groups is 3. The Kier molecular flexibility index (Phi) is 5.70. The predicted octanol–water partition coefficient (Wildman–Crippen LogP) is 2.99. The maximum Gasteiger partial charge on any atom is 0.407 e. The molecule has 7 nitrogen and oxygen atoms in total. The number of rotatable bonds is 5. The van der Waals surface area contributed by atoms with Crippen molar-refractivity contribution in [3.63, 3.8) is 0 Å². The van der Waals surface area contributed by atoms with Gasteiger partial charge in [-0.1, -0.05) is 48.5 Å². The van der Waals surface area contributed by atoms with Gasteiger partial charge in [0.15, 0.2) is 0 Å². The zero-order chi connectivity index (χ0) is 21.1. The molecule has 2 aliphatic rings. The SMILES string of the molecule is O=C(O)CN1CCCCC(NC(=O)OCC2c3ccccc3-c3ccccc32)C1=O. The molecule has 0 radical (unpaired) electrons. The molecule has 1 heterocycles. The molecule has 2 aromatic rings. The molecule has 1 saturated heterocycles. The molecular formula is C23H24N2O5. The van der Waals surface area contributed by atoms with E-state index in [9.17, 15) is 14.4 Å². The third-order valence-corrected chi connectivity index (χ3v) is 5.74. The van der Waals surface area contributed by atoms with Crippen LogP contribution in [-0.2, 0) is 14.3 Å². The van der Waals surface area contributed by atoms with E-state index in [4.69, 9.17) is 9.84 Å². The van der Waals surface area contributed by atoms with Gasteiger partial charge in [0.25, 0.3) is 0 Å². The summed E-state index contributed by atoms with van der Waals surface area (Å²) in [6.07, 6.45) is 1.25. The number of carboxylic acid groups (broad SMARTS) is 1. The number of nitrogens with one attached hydrogen (secondary N) is 1. The minimum absolute atomic E-state index is 0.0588. The number of aliphatic carboxylic acids is 1. The summed E-state index contributed by atoms with van der Waals surface area (Å²) < 4.78 is 5.51. The van der Waals surface area contributed by atoms with E-state index in [2.05, 4.69) is 17.4 Å².